The Hall–Kier alpha value is -3.53. The van der Waals surface area contributed by atoms with Crippen LogP contribution in [0.25, 0.3) is 6.08 Å². The average molecular weight is 570 g/mol. The van der Waals surface area contributed by atoms with Crippen LogP contribution in [-0.2, 0) is 16.2 Å². The number of amides is 4. The Morgan fingerprint density at radius 1 is 1.00 bits per heavy atom. The van der Waals surface area contributed by atoms with Gasteiger partial charge in [0, 0.05) is 5.56 Å². The zero-order valence-corrected chi connectivity index (χ0v) is 20.6. The Morgan fingerprint density at radius 3 is 2.38 bits per heavy atom. The quantitative estimate of drug-likeness (QED) is 0.257. The molecule has 1 heterocycles. The van der Waals surface area contributed by atoms with Gasteiger partial charge in [-0.15, -0.1) is 0 Å². The molecule has 172 valence electrons. The second-order valence-electron chi connectivity index (χ2n) is 7.87. The molecule has 1 aliphatic rings. The highest BCUT2D eigenvalue weighted by atomic mass is 127. The Labute approximate surface area is 209 Å². The normalized spacial score (nSPS) is 15.0. The minimum absolute atomic E-state index is 0.0665. The number of nitrogens with zero attached hydrogens (tertiary/aromatic N) is 1. The molecule has 0 aromatic heterocycles. The minimum atomic E-state index is -0.788. The monoisotopic (exact) mass is 570 g/mol. The summed E-state index contributed by atoms with van der Waals surface area (Å²) < 4.78 is 20.3. The van der Waals surface area contributed by atoms with Crippen molar-refractivity contribution < 1.29 is 23.5 Å². The largest absolute Gasteiger partial charge is 0.488 e. The summed E-state index contributed by atoms with van der Waals surface area (Å²) in [6.45, 7) is 3.79. The van der Waals surface area contributed by atoms with E-state index in [1.165, 1.54) is 12.1 Å². The molecule has 1 aliphatic heterocycles. The first-order valence-electron chi connectivity index (χ1n) is 10.4. The van der Waals surface area contributed by atoms with Crippen LogP contribution in [0, 0.1) is 23.2 Å². The molecule has 3 aromatic rings. The van der Waals surface area contributed by atoms with Crippen LogP contribution in [0.3, 0.4) is 0 Å². The second-order valence-corrected chi connectivity index (χ2v) is 9.04. The van der Waals surface area contributed by atoms with Crippen molar-refractivity contribution in [3.63, 3.8) is 0 Å². The number of imide groups is 2. The molecule has 0 atom stereocenters. The van der Waals surface area contributed by atoms with Crippen LogP contribution in [-0.4, -0.2) is 17.8 Å². The van der Waals surface area contributed by atoms with Gasteiger partial charge in [0.1, 0.15) is 23.7 Å². The molecule has 3 aromatic carbocycles. The average Bonchev–Trinajstić information content (AvgIpc) is 2.76. The Morgan fingerprint density at radius 2 is 1.71 bits per heavy atom. The van der Waals surface area contributed by atoms with Gasteiger partial charge in [0.05, 0.1) is 9.26 Å². The second kappa shape index (κ2) is 9.76. The smallest absolute Gasteiger partial charge is 0.335 e. The molecular formula is C26H20FIN2O4. The van der Waals surface area contributed by atoms with Crippen LogP contribution >= 0.6 is 22.6 Å². The van der Waals surface area contributed by atoms with E-state index in [0.29, 0.717) is 26.1 Å². The Bertz CT molecular complexity index is 1330. The molecule has 1 saturated heterocycles. The van der Waals surface area contributed by atoms with Crippen molar-refractivity contribution in [1.82, 2.24) is 5.32 Å². The zero-order chi connectivity index (χ0) is 24.4. The fourth-order valence-corrected chi connectivity index (χ4v) is 4.33. The Kier molecular flexibility index (Phi) is 6.78. The molecule has 4 amide bonds. The van der Waals surface area contributed by atoms with Gasteiger partial charge >= 0.3 is 6.03 Å². The molecule has 4 rings (SSSR count). The highest BCUT2D eigenvalue weighted by Gasteiger charge is 2.37. The van der Waals surface area contributed by atoms with Crippen LogP contribution in [0.15, 0.2) is 66.2 Å². The lowest BCUT2D eigenvalue weighted by atomic mass is 10.1. The summed E-state index contributed by atoms with van der Waals surface area (Å²) in [7, 11) is 0. The summed E-state index contributed by atoms with van der Waals surface area (Å²) in [5.74, 6) is -1.26. The summed E-state index contributed by atoms with van der Waals surface area (Å²) in [6, 6.07) is 16.0. The number of hydrogen-bond donors (Lipinski definition) is 1. The van der Waals surface area contributed by atoms with Crippen molar-refractivity contribution in [3.05, 3.63) is 97.9 Å². The zero-order valence-electron chi connectivity index (χ0n) is 18.4. The lowest BCUT2D eigenvalue weighted by Crippen LogP contribution is -2.54. The van der Waals surface area contributed by atoms with Gasteiger partial charge in [-0.1, -0.05) is 30.3 Å². The minimum Gasteiger partial charge on any atom is -0.488 e. The SMILES string of the molecule is Cc1cc(C)cc(N2C(=O)NC(=O)/C(=C\c3ccc(OCc4ccccc4F)c(I)c3)C2=O)c1. The van der Waals surface area contributed by atoms with Crippen LogP contribution < -0.4 is 15.0 Å². The first-order chi connectivity index (χ1) is 16.2. The molecule has 8 heteroatoms. The maximum absolute atomic E-state index is 13.8. The van der Waals surface area contributed by atoms with E-state index in [1.54, 1.807) is 48.5 Å². The molecule has 1 fully saturated rings. The lowest BCUT2D eigenvalue weighted by Gasteiger charge is -2.27. The number of carbonyl (C=O) groups is 3. The summed E-state index contributed by atoms with van der Waals surface area (Å²) in [6.07, 6.45) is 1.43. The van der Waals surface area contributed by atoms with E-state index in [-0.39, 0.29) is 18.0 Å². The molecular weight excluding hydrogens is 550 g/mol. The maximum Gasteiger partial charge on any atom is 0.335 e. The molecule has 0 unspecified atom stereocenters. The highest BCUT2D eigenvalue weighted by molar-refractivity contribution is 14.1. The molecule has 0 saturated carbocycles. The third-order valence-electron chi connectivity index (χ3n) is 5.17. The van der Waals surface area contributed by atoms with Gasteiger partial charge < -0.3 is 4.74 Å². The molecule has 0 aliphatic carbocycles. The third kappa shape index (κ3) is 5.01. The van der Waals surface area contributed by atoms with Gasteiger partial charge in [0.2, 0.25) is 0 Å². The van der Waals surface area contributed by atoms with Crippen LogP contribution in [0.5, 0.6) is 5.75 Å². The number of anilines is 1. The number of carbonyl (C=O) groups excluding carboxylic acids is 3. The number of hydrogen-bond acceptors (Lipinski definition) is 4. The van der Waals surface area contributed by atoms with Gasteiger partial charge in [-0.25, -0.2) is 14.1 Å². The van der Waals surface area contributed by atoms with Gasteiger partial charge in [-0.05, 0) is 89.5 Å². The molecule has 0 spiro atoms. The van der Waals surface area contributed by atoms with E-state index in [0.717, 1.165) is 16.0 Å². The summed E-state index contributed by atoms with van der Waals surface area (Å²) in [5.41, 5.74) is 3.03. The summed E-state index contributed by atoms with van der Waals surface area (Å²) in [4.78, 5) is 39.0. The first-order valence-corrected chi connectivity index (χ1v) is 11.5. The summed E-state index contributed by atoms with van der Waals surface area (Å²) >= 11 is 2.07. The molecule has 6 nitrogen and oxygen atoms in total. The number of benzene rings is 3. The van der Waals surface area contributed by atoms with Gasteiger partial charge in [0.25, 0.3) is 11.8 Å². The predicted octanol–water partition coefficient (Wildman–Crippen LogP) is 5.29. The van der Waals surface area contributed by atoms with Crippen molar-refractivity contribution in [2.75, 3.05) is 4.90 Å². The van der Waals surface area contributed by atoms with Crippen LogP contribution in [0.4, 0.5) is 14.9 Å². The standard InChI is InChI=1S/C26H20FIN2O4/c1-15-9-16(2)11-19(10-15)30-25(32)20(24(31)29-26(30)33)12-17-7-8-23(22(28)13-17)34-14-18-5-3-4-6-21(18)27/h3-13H,14H2,1-2H3,(H,29,31,33)/b20-12+. The maximum atomic E-state index is 13.8. The first kappa shape index (κ1) is 23.6. The van der Waals surface area contributed by atoms with E-state index in [4.69, 9.17) is 4.74 Å². The van der Waals surface area contributed by atoms with E-state index in [2.05, 4.69) is 27.9 Å². The lowest BCUT2D eigenvalue weighted by molar-refractivity contribution is -0.122. The number of urea groups is 1. The van der Waals surface area contributed by atoms with Crippen molar-refractivity contribution in [2.45, 2.75) is 20.5 Å². The summed E-state index contributed by atoms with van der Waals surface area (Å²) in [5, 5.41) is 2.23. The van der Waals surface area contributed by atoms with Gasteiger partial charge in [-0.2, -0.15) is 0 Å². The number of barbiturate groups is 1. The number of halogens is 2. The van der Waals surface area contributed by atoms with Gasteiger partial charge in [0.15, 0.2) is 0 Å². The van der Waals surface area contributed by atoms with Crippen LogP contribution in [0.2, 0.25) is 0 Å². The van der Waals surface area contributed by atoms with E-state index in [1.807, 2.05) is 19.9 Å². The van der Waals surface area contributed by atoms with E-state index < -0.39 is 17.8 Å². The number of rotatable bonds is 5. The van der Waals surface area contributed by atoms with Crippen molar-refractivity contribution >= 4 is 52.2 Å². The van der Waals surface area contributed by atoms with Crippen LogP contribution in [0.1, 0.15) is 22.3 Å². The van der Waals surface area contributed by atoms with Crippen molar-refractivity contribution in [1.29, 1.82) is 0 Å². The number of aryl methyl sites for hydroxylation is 2. The molecule has 0 radical (unpaired) electrons. The van der Waals surface area contributed by atoms with E-state index >= 15 is 0 Å². The van der Waals surface area contributed by atoms with Gasteiger partial charge in [-0.3, -0.25) is 14.9 Å². The molecule has 1 N–H and O–H groups in total. The Balaban J connectivity index is 1.59. The topological polar surface area (TPSA) is 75.7 Å². The number of ether oxygens (including phenoxy) is 1. The fraction of sp³-hybridized carbons (Fsp3) is 0.115. The van der Waals surface area contributed by atoms with E-state index in [9.17, 15) is 18.8 Å². The molecule has 0 bridgehead atoms. The molecule has 34 heavy (non-hydrogen) atoms. The van der Waals surface area contributed by atoms with Crippen molar-refractivity contribution in [3.8, 4) is 5.75 Å². The fourth-order valence-electron chi connectivity index (χ4n) is 3.63. The van der Waals surface area contributed by atoms with Crippen molar-refractivity contribution in [2.24, 2.45) is 0 Å². The predicted molar refractivity (Wildman–Crippen MR) is 135 cm³/mol. The third-order valence-corrected chi connectivity index (χ3v) is 6.02. The highest BCUT2D eigenvalue weighted by Crippen LogP contribution is 2.27. The number of nitrogens with one attached hydrogen (secondary N) is 1.